The highest BCUT2D eigenvalue weighted by Gasteiger charge is 2.56. The molecule has 0 aromatic rings. The monoisotopic (exact) mass is 464 g/mol. The van der Waals surface area contributed by atoms with Gasteiger partial charge in [0.1, 0.15) is 12.2 Å². The molecule has 6 aliphatic rings. The van der Waals surface area contributed by atoms with Gasteiger partial charge in [0.15, 0.2) is 0 Å². The first-order chi connectivity index (χ1) is 16.1. The third-order valence-corrected chi connectivity index (χ3v) is 10.3. The molecule has 0 spiro atoms. The molecule has 0 radical (unpaired) electrons. The van der Waals surface area contributed by atoms with Crippen LogP contribution < -0.4 is 0 Å². The smallest absolute Gasteiger partial charge is 0.334 e. The lowest BCUT2D eigenvalue weighted by Crippen LogP contribution is -2.46. The zero-order chi connectivity index (χ0) is 24.4. The molecule has 2 heterocycles. The van der Waals surface area contributed by atoms with Crippen LogP contribution in [-0.2, 0) is 19.1 Å². The SMILES string of the molecule is C=C1C(=O)O[C@@H]2[C@@H]1CC[C@@]1(C)CCCC(=C)[C@@H]21.C=C1C(=O)O[C@@H]2[C@@H]1CC[C@@]1(C)CCCC(=C)[C@@H]21. The highest BCUT2D eigenvalue weighted by atomic mass is 16.6. The first-order valence-electron chi connectivity index (χ1n) is 13.2. The van der Waals surface area contributed by atoms with E-state index in [-0.39, 0.29) is 36.0 Å². The van der Waals surface area contributed by atoms with Crippen LogP contribution in [0, 0.1) is 34.5 Å². The lowest BCUT2D eigenvalue weighted by molar-refractivity contribution is -0.146. The minimum Gasteiger partial charge on any atom is -0.458 e. The molecule has 0 N–H and O–H groups in total. The molecule has 34 heavy (non-hydrogen) atoms. The summed E-state index contributed by atoms with van der Waals surface area (Å²) in [7, 11) is 0. The molecule has 0 amide bonds. The van der Waals surface area contributed by atoms with Gasteiger partial charge >= 0.3 is 11.9 Å². The molecular formula is C30H40O4. The molecule has 2 aliphatic heterocycles. The Hall–Kier alpha value is -2.10. The predicted octanol–water partition coefficient (Wildman–Crippen LogP) is 6.48. The Morgan fingerprint density at radius 1 is 0.676 bits per heavy atom. The van der Waals surface area contributed by atoms with Crippen LogP contribution in [-0.4, -0.2) is 24.1 Å². The Morgan fingerprint density at radius 2 is 1.06 bits per heavy atom. The Morgan fingerprint density at radius 3 is 1.44 bits per heavy atom. The summed E-state index contributed by atoms with van der Waals surface area (Å²) in [6.07, 6.45) is 11.6. The van der Waals surface area contributed by atoms with Crippen LogP contribution in [0.4, 0.5) is 0 Å². The quantitative estimate of drug-likeness (QED) is 0.234. The Bertz CT molecular complexity index is 896. The molecule has 6 fully saturated rings. The van der Waals surface area contributed by atoms with Gasteiger partial charge in [-0.15, -0.1) is 0 Å². The molecule has 4 saturated carbocycles. The number of esters is 2. The fraction of sp³-hybridized carbons (Fsp3) is 0.667. The van der Waals surface area contributed by atoms with Gasteiger partial charge in [0.25, 0.3) is 0 Å². The van der Waals surface area contributed by atoms with Crippen molar-refractivity contribution in [1.29, 1.82) is 0 Å². The maximum atomic E-state index is 11.7. The maximum absolute atomic E-state index is 11.7. The molecule has 4 heteroatoms. The number of ether oxygens (including phenoxy) is 2. The zero-order valence-electron chi connectivity index (χ0n) is 21.0. The first-order valence-corrected chi connectivity index (χ1v) is 13.2. The molecule has 0 aromatic heterocycles. The van der Waals surface area contributed by atoms with Crippen molar-refractivity contribution in [2.75, 3.05) is 0 Å². The lowest BCUT2D eigenvalue weighted by atomic mass is 9.55. The molecule has 4 nitrogen and oxygen atoms in total. The predicted molar refractivity (Wildman–Crippen MR) is 133 cm³/mol. The second-order valence-electron chi connectivity index (χ2n) is 12.4. The first kappa shape index (κ1) is 23.6. The van der Waals surface area contributed by atoms with Crippen LogP contribution >= 0.6 is 0 Å². The van der Waals surface area contributed by atoms with Gasteiger partial charge in [-0.1, -0.05) is 51.3 Å². The fourth-order valence-electron chi connectivity index (χ4n) is 8.38. The molecule has 4 aliphatic carbocycles. The van der Waals surface area contributed by atoms with E-state index in [1.54, 1.807) is 0 Å². The van der Waals surface area contributed by atoms with Crippen molar-refractivity contribution < 1.29 is 19.1 Å². The maximum Gasteiger partial charge on any atom is 0.334 e. The van der Waals surface area contributed by atoms with E-state index in [9.17, 15) is 9.59 Å². The number of rotatable bonds is 0. The van der Waals surface area contributed by atoms with E-state index in [0.717, 1.165) is 25.7 Å². The van der Waals surface area contributed by atoms with E-state index in [1.807, 2.05) is 0 Å². The van der Waals surface area contributed by atoms with Crippen LogP contribution in [0.5, 0.6) is 0 Å². The van der Waals surface area contributed by atoms with Gasteiger partial charge in [0.2, 0.25) is 0 Å². The zero-order valence-corrected chi connectivity index (χ0v) is 21.0. The number of fused-ring (bicyclic) bond motifs is 6. The second-order valence-corrected chi connectivity index (χ2v) is 12.4. The summed E-state index contributed by atoms with van der Waals surface area (Å²) in [6, 6.07) is 0. The van der Waals surface area contributed by atoms with Crippen LogP contribution in [0.1, 0.15) is 78.1 Å². The number of hydrogen-bond acceptors (Lipinski definition) is 4. The third kappa shape index (κ3) is 3.55. The lowest BCUT2D eigenvalue weighted by Gasteiger charge is -2.50. The van der Waals surface area contributed by atoms with E-state index >= 15 is 0 Å². The second kappa shape index (κ2) is 8.24. The summed E-state index contributed by atoms with van der Waals surface area (Å²) >= 11 is 0. The van der Waals surface area contributed by atoms with Crippen molar-refractivity contribution in [2.45, 2.75) is 90.3 Å². The molecule has 6 rings (SSSR count). The standard InChI is InChI=1S/2C15H20O2/c2*1-9-5-4-7-15(3)8-6-11-10(2)14(16)17-13(11)12(9)15/h2*11-13H,1-2,4-8H2,3H3/t2*11-,12+,13-,15-/m11/s1. The summed E-state index contributed by atoms with van der Waals surface area (Å²) in [4.78, 5) is 23.3. The summed E-state index contributed by atoms with van der Waals surface area (Å²) < 4.78 is 11.2. The fourth-order valence-corrected chi connectivity index (χ4v) is 8.38. The topological polar surface area (TPSA) is 52.6 Å². The van der Waals surface area contributed by atoms with Gasteiger partial charge in [-0.2, -0.15) is 0 Å². The average molecular weight is 465 g/mol. The van der Waals surface area contributed by atoms with Crippen LogP contribution in [0.25, 0.3) is 0 Å². The van der Waals surface area contributed by atoms with Gasteiger partial charge in [-0.25, -0.2) is 9.59 Å². The highest BCUT2D eigenvalue weighted by molar-refractivity contribution is 5.91. The van der Waals surface area contributed by atoms with Crippen molar-refractivity contribution in [2.24, 2.45) is 34.5 Å². The number of carbonyl (C=O) groups is 2. The van der Waals surface area contributed by atoms with E-state index < -0.39 is 0 Å². The summed E-state index contributed by atoms with van der Waals surface area (Å²) in [5.74, 6) is 0.854. The third-order valence-electron chi connectivity index (χ3n) is 10.3. The van der Waals surface area contributed by atoms with Crippen LogP contribution in [0.3, 0.4) is 0 Å². The van der Waals surface area contributed by atoms with Crippen LogP contribution in [0.15, 0.2) is 48.6 Å². The van der Waals surface area contributed by atoms with Crippen molar-refractivity contribution in [1.82, 2.24) is 0 Å². The molecule has 184 valence electrons. The Labute approximate surface area is 204 Å². The van der Waals surface area contributed by atoms with E-state index in [4.69, 9.17) is 9.47 Å². The Balaban J connectivity index is 0.000000142. The average Bonchev–Trinajstić information content (AvgIpc) is 3.22. The molecule has 0 aromatic carbocycles. The van der Waals surface area contributed by atoms with Gasteiger partial charge in [0.05, 0.1) is 0 Å². The molecule has 0 bridgehead atoms. The van der Waals surface area contributed by atoms with Crippen molar-refractivity contribution in [3.63, 3.8) is 0 Å². The molecule has 0 unspecified atom stereocenters. The van der Waals surface area contributed by atoms with Gasteiger partial charge < -0.3 is 9.47 Å². The summed E-state index contributed by atoms with van der Waals surface area (Å²) in [5, 5.41) is 0. The van der Waals surface area contributed by atoms with Gasteiger partial charge in [-0.05, 0) is 75.0 Å². The van der Waals surface area contributed by atoms with Crippen molar-refractivity contribution >= 4 is 11.9 Å². The largest absolute Gasteiger partial charge is 0.458 e. The van der Waals surface area contributed by atoms with Gasteiger partial charge in [0, 0.05) is 34.8 Å². The van der Waals surface area contributed by atoms with Gasteiger partial charge in [-0.3, -0.25) is 0 Å². The van der Waals surface area contributed by atoms with Crippen LogP contribution in [0.2, 0.25) is 0 Å². The van der Waals surface area contributed by atoms with Crippen molar-refractivity contribution in [3.8, 4) is 0 Å². The number of carbonyl (C=O) groups excluding carboxylic acids is 2. The minimum atomic E-state index is -0.178. The molecule has 8 atom stereocenters. The van der Waals surface area contributed by atoms with E-state index in [1.165, 1.54) is 49.7 Å². The molecular weight excluding hydrogens is 424 g/mol. The Kier molecular flexibility index (Phi) is 5.73. The van der Waals surface area contributed by atoms with E-state index in [0.29, 0.717) is 33.8 Å². The summed E-state index contributed by atoms with van der Waals surface area (Å²) in [5.41, 5.74) is 4.54. The highest BCUT2D eigenvalue weighted by Crippen LogP contribution is 2.58. The summed E-state index contributed by atoms with van der Waals surface area (Å²) in [6.45, 7) is 20.9. The minimum absolute atomic E-state index is 0.0292. The van der Waals surface area contributed by atoms with Crippen molar-refractivity contribution in [3.05, 3.63) is 48.6 Å². The normalized spacial score (nSPS) is 45.2. The number of hydrogen-bond donors (Lipinski definition) is 0. The molecule has 2 saturated heterocycles. The van der Waals surface area contributed by atoms with E-state index in [2.05, 4.69) is 40.2 Å².